The number of fused-ring (bicyclic) bond motifs is 1. The third-order valence-electron chi connectivity index (χ3n) is 4.45. The third-order valence-corrected chi connectivity index (χ3v) is 4.45. The lowest BCUT2D eigenvalue weighted by Crippen LogP contribution is -2.46. The minimum atomic E-state index is -0.267. The number of aliphatic imine (C=N–C) groups is 1. The van der Waals surface area contributed by atoms with Crippen LogP contribution in [0.2, 0.25) is 0 Å². The van der Waals surface area contributed by atoms with Crippen LogP contribution in [-0.4, -0.2) is 32.0 Å². The van der Waals surface area contributed by atoms with Gasteiger partial charge in [-0.1, -0.05) is 36.4 Å². The quantitative estimate of drug-likeness (QED) is 0.400. The maximum absolute atomic E-state index is 13.7. The van der Waals surface area contributed by atoms with E-state index < -0.39 is 0 Å². The van der Waals surface area contributed by atoms with E-state index >= 15 is 0 Å². The Morgan fingerprint density at radius 2 is 1.89 bits per heavy atom. The lowest BCUT2D eigenvalue weighted by Gasteiger charge is -2.29. The van der Waals surface area contributed by atoms with Crippen LogP contribution >= 0.6 is 24.0 Å². The Kier molecular flexibility index (Phi) is 8.02. The van der Waals surface area contributed by atoms with Gasteiger partial charge < -0.3 is 15.5 Å². The average molecular weight is 482 g/mol. The Bertz CT molecular complexity index is 812. The van der Waals surface area contributed by atoms with E-state index in [4.69, 9.17) is 0 Å². The van der Waals surface area contributed by atoms with E-state index in [0.717, 1.165) is 25.1 Å². The predicted molar refractivity (Wildman–Crippen MR) is 117 cm³/mol. The number of guanidine groups is 1. The number of hydrogen-bond acceptors (Lipinski definition) is 2. The Morgan fingerprint density at radius 3 is 2.67 bits per heavy atom. The molecule has 5 nitrogen and oxygen atoms in total. The van der Waals surface area contributed by atoms with Crippen LogP contribution in [0.25, 0.3) is 0 Å². The van der Waals surface area contributed by atoms with Gasteiger partial charge in [0.2, 0.25) is 5.91 Å². The Morgan fingerprint density at radius 1 is 1.15 bits per heavy atom. The Labute approximate surface area is 176 Å². The molecule has 2 N–H and O–H groups in total. The fraction of sp³-hybridized carbons (Fsp3) is 0.300. The largest absolute Gasteiger partial charge is 0.352 e. The number of amides is 1. The topological polar surface area (TPSA) is 56.7 Å². The van der Waals surface area contributed by atoms with Crippen LogP contribution in [0.1, 0.15) is 17.5 Å². The van der Waals surface area contributed by atoms with Crippen molar-refractivity contribution in [1.29, 1.82) is 0 Å². The first-order valence-corrected chi connectivity index (χ1v) is 8.75. The minimum Gasteiger partial charge on any atom is -0.352 e. The van der Waals surface area contributed by atoms with E-state index in [1.807, 2.05) is 23.1 Å². The molecule has 27 heavy (non-hydrogen) atoms. The van der Waals surface area contributed by atoms with Crippen molar-refractivity contribution < 1.29 is 9.18 Å². The standard InChI is InChI=1S/C20H23FN4O.HI/c1-22-20(23-13-16-8-2-4-10-17(16)21)24-14-19(26)25-12-6-9-15-7-3-5-11-18(15)25;/h2-5,7-8,10-11H,6,9,12-14H2,1H3,(H2,22,23,24);1H. The summed E-state index contributed by atoms with van der Waals surface area (Å²) in [6, 6.07) is 14.6. The van der Waals surface area contributed by atoms with Crippen LogP contribution in [0, 0.1) is 5.82 Å². The SMILES string of the molecule is CN=C(NCC(=O)N1CCCc2ccccc21)NCc1ccccc1F.I. The van der Waals surface area contributed by atoms with E-state index in [1.165, 1.54) is 11.6 Å². The van der Waals surface area contributed by atoms with Gasteiger partial charge in [-0.15, -0.1) is 24.0 Å². The van der Waals surface area contributed by atoms with Gasteiger partial charge in [0, 0.05) is 31.4 Å². The molecule has 1 aliphatic heterocycles. The van der Waals surface area contributed by atoms with Crippen molar-refractivity contribution in [2.75, 3.05) is 25.0 Å². The number of rotatable bonds is 4. The maximum Gasteiger partial charge on any atom is 0.246 e. The van der Waals surface area contributed by atoms with E-state index in [2.05, 4.69) is 21.7 Å². The van der Waals surface area contributed by atoms with Crippen molar-refractivity contribution in [2.45, 2.75) is 19.4 Å². The summed E-state index contributed by atoms with van der Waals surface area (Å²) < 4.78 is 13.7. The number of nitrogens with zero attached hydrogens (tertiary/aromatic N) is 2. The fourth-order valence-electron chi connectivity index (χ4n) is 3.09. The van der Waals surface area contributed by atoms with Gasteiger partial charge in [0.05, 0.1) is 6.54 Å². The second kappa shape index (κ2) is 10.2. The van der Waals surface area contributed by atoms with Gasteiger partial charge in [0.25, 0.3) is 0 Å². The smallest absolute Gasteiger partial charge is 0.246 e. The summed E-state index contributed by atoms with van der Waals surface area (Å²) in [5, 5.41) is 6.04. The van der Waals surface area contributed by atoms with Crippen molar-refractivity contribution in [1.82, 2.24) is 10.6 Å². The molecule has 0 aliphatic carbocycles. The normalized spacial score (nSPS) is 13.4. The summed E-state index contributed by atoms with van der Waals surface area (Å²) >= 11 is 0. The molecule has 0 atom stereocenters. The summed E-state index contributed by atoms with van der Waals surface area (Å²) in [5.41, 5.74) is 2.74. The zero-order chi connectivity index (χ0) is 18.4. The summed E-state index contributed by atoms with van der Waals surface area (Å²) in [6.45, 7) is 1.15. The molecule has 0 fully saturated rings. The summed E-state index contributed by atoms with van der Waals surface area (Å²) in [4.78, 5) is 18.5. The molecule has 0 radical (unpaired) electrons. The van der Waals surface area contributed by atoms with Crippen molar-refractivity contribution in [2.24, 2.45) is 4.99 Å². The van der Waals surface area contributed by atoms with Crippen LogP contribution in [0.5, 0.6) is 0 Å². The molecule has 2 aromatic rings. The molecule has 0 spiro atoms. The van der Waals surface area contributed by atoms with Crippen molar-refractivity contribution in [3.8, 4) is 0 Å². The maximum atomic E-state index is 13.7. The highest BCUT2D eigenvalue weighted by Gasteiger charge is 2.21. The van der Waals surface area contributed by atoms with Crippen LogP contribution in [0.3, 0.4) is 0 Å². The van der Waals surface area contributed by atoms with Gasteiger partial charge in [0.1, 0.15) is 5.82 Å². The molecular formula is C20H24FIN4O. The van der Waals surface area contributed by atoms with E-state index in [1.54, 1.807) is 25.2 Å². The summed E-state index contributed by atoms with van der Waals surface area (Å²) in [7, 11) is 1.62. The van der Waals surface area contributed by atoms with Crippen LogP contribution in [0.15, 0.2) is 53.5 Å². The van der Waals surface area contributed by atoms with Crippen molar-refractivity contribution >= 4 is 41.5 Å². The number of para-hydroxylation sites is 1. The molecule has 0 aromatic heterocycles. The average Bonchev–Trinajstić information content (AvgIpc) is 2.68. The number of nitrogens with one attached hydrogen (secondary N) is 2. The van der Waals surface area contributed by atoms with Crippen LogP contribution < -0.4 is 15.5 Å². The molecule has 0 unspecified atom stereocenters. The number of carbonyl (C=O) groups is 1. The summed E-state index contributed by atoms with van der Waals surface area (Å²) in [6.07, 6.45) is 1.96. The van der Waals surface area contributed by atoms with Crippen molar-refractivity contribution in [3.05, 3.63) is 65.5 Å². The lowest BCUT2D eigenvalue weighted by molar-refractivity contribution is -0.117. The number of aryl methyl sites for hydroxylation is 1. The molecule has 144 valence electrons. The molecule has 1 amide bonds. The number of benzene rings is 2. The number of halogens is 2. The van der Waals surface area contributed by atoms with Crippen LogP contribution in [-0.2, 0) is 17.8 Å². The highest BCUT2D eigenvalue weighted by atomic mass is 127. The van der Waals surface area contributed by atoms with Gasteiger partial charge in [-0.2, -0.15) is 0 Å². The molecule has 1 aliphatic rings. The predicted octanol–water partition coefficient (Wildman–Crippen LogP) is 3.09. The first kappa shape index (κ1) is 21.1. The van der Waals surface area contributed by atoms with Gasteiger partial charge in [-0.25, -0.2) is 4.39 Å². The molecule has 0 saturated carbocycles. The third kappa shape index (κ3) is 5.41. The number of hydrogen-bond donors (Lipinski definition) is 2. The molecule has 7 heteroatoms. The van der Waals surface area contributed by atoms with E-state index in [0.29, 0.717) is 18.1 Å². The fourth-order valence-corrected chi connectivity index (χ4v) is 3.09. The number of anilines is 1. The summed E-state index contributed by atoms with van der Waals surface area (Å²) in [5.74, 6) is 0.189. The molecule has 3 rings (SSSR count). The van der Waals surface area contributed by atoms with E-state index in [9.17, 15) is 9.18 Å². The second-order valence-corrected chi connectivity index (χ2v) is 6.15. The zero-order valence-corrected chi connectivity index (χ0v) is 17.6. The Hall–Kier alpha value is -2.16. The monoisotopic (exact) mass is 482 g/mol. The first-order chi connectivity index (χ1) is 12.7. The van der Waals surface area contributed by atoms with Gasteiger partial charge in [0.15, 0.2) is 5.96 Å². The van der Waals surface area contributed by atoms with Gasteiger partial charge in [-0.3, -0.25) is 9.79 Å². The minimum absolute atomic E-state index is 0. The van der Waals surface area contributed by atoms with Crippen molar-refractivity contribution in [3.63, 3.8) is 0 Å². The first-order valence-electron chi connectivity index (χ1n) is 8.75. The highest BCUT2D eigenvalue weighted by Crippen LogP contribution is 2.26. The second-order valence-electron chi connectivity index (χ2n) is 6.15. The Balaban J connectivity index is 0.00000261. The molecular weight excluding hydrogens is 458 g/mol. The molecule has 0 bridgehead atoms. The highest BCUT2D eigenvalue weighted by molar-refractivity contribution is 14.0. The molecule has 2 aromatic carbocycles. The van der Waals surface area contributed by atoms with Crippen LogP contribution in [0.4, 0.5) is 10.1 Å². The number of carbonyl (C=O) groups excluding carboxylic acids is 1. The van der Waals surface area contributed by atoms with Gasteiger partial charge in [-0.05, 0) is 30.5 Å². The van der Waals surface area contributed by atoms with Gasteiger partial charge >= 0.3 is 0 Å². The lowest BCUT2D eigenvalue weighted by atomic mass is 10.0. The zero-order valence-electron chi connectivity index (χ0n) is 15.2. The molecule has 1 heterocycles. The van der Waals surface area contributed by atoms with E-state index in [-0.39, 0.29) is 42.2 Å². The molecule has 0 saturated heterocycles.